The number of carbonyl (C=O) groups excluding carboxylic acids is 1. The van der Waals surface area contributed by atoms with Gasteiger partial charge >= 0.3 is 0 Å². The minimum atomic E-state index is -0.380. The van der Waals surface area contributed by atoms with Gasteiger partial charge in [-0.2, -0.15) is 5.10 Å². The maximum atomic E-state index is 13.4. The average Bonchev–Trinajstić information content (AvgIpc) is 3.14. The molecule has 1 aliphatic carbocycles. The second-order valence-electron chi connectivity index (χ2n) is 7.32. The van der Waals surface area contributed by atoms with Crippen molar-refractivity contribution in [2.75, 3.05) is 13.7 Å². The number of nitrogens with zero attached hydrogens (tertiary/aromatic N) is 3. The first-order valence-corrected chi connectivity index (χ1v) is 9.08. The van der Waals surface area contributed by atoms with Crippen LogP contribution in [0.25, 0.3) is 0 Å². The van der Waals surface area contributed by atoms with E-state index < -0.39 is 0 Å². The fraction of sp³-hybridized carbons (Fsp3) is 0.500. The normalized spacial score (nSPS) is 21.4. The molecule has 0 spiro atoms. The first kappa shape index (κ1) is 16.2. The van der Waals surface area contributed by atoms with Gasteiger partial charge in [0.1, 0.15) is 5.75 Å². The summed E-state index contributed by atoms with van der Waals surface area (Å²) in [6.45, 7) is 3.67. The van der Waals surface area contributed by atoms with Crippen molar-refractivity contribution in [1.29, 1.82) is 0 Å². The standard InChI is InChI=1S/C20H25N3O2/c1-15-12-21-22(13-15)14-16-6-5-11-23(16)19(24)20(9-10-20)17-7-3-4-8-18(17)25-2/h3-4,7-8,12-13,16H,5-6,9-11,14H2,1-2H3/t16-/m0/s1. The van der Waals surface area contributed by atoms with Crippen molar-refractivity contribution in [2.24, 2.45) is 0 Å². The number of para-hydroxylation sites is 1. The Kier molecular flexibility index (Phi) is 4.02. The highest BCUT2D eigenvalue weighted by Crippen LogP contribution is 2.53. The van der Waals surface area contributed by atoms with Gasteiger partial charge in [0.05, 0.1) is 31.3 Å². The van der Waals surface area contributed by atoms with Gasteiger partial charge in [0.15, 0.2) is 0 Å². The number of hydrogen-bond donors (Lipinski definition) is 0. The zero-order valence-corrected chi connectivity index (χ0v) is 14.9. The van der Waals surface area contributed by atoms with Gasteiger partial charge in [0, 0.05) is 18.3 Å². The molecule has 2 fully saturated rings. The Morgan fingerprint density at radius 3 is 2.84 bits per heavy atom. The lowest BCUT2D eigenvalue weighted by Gasteiger charge is -2.30. The molecule has 5 heteroatoms. The van der Waals surface area contributed by atoms with E-state index in [1.54, 1.807) is 7.11 Å². The molecule has 4 rings (SSSR count). The second-order valence-corrected chi connectivity index (χ2v) is 7.32. The highest BCUT2D eigenvalue weighted by Gasteiger charge is 2.55. The number of aromatic nitrogens is 2. The summed E-state index contributed by atoms with van der Waals surface area (Å²) in [6, 6.07) is 8.20. The van der Waals surface area contributed by atoms with Crippen molar-refractivity contribution in [2.45, 2.75) is 50.6 Å². The van der Waals surface area contributed by atoms with E-state index in [4.69, 9.17) is 4.74 Å². The molecule has 1 aliphatic heterocycles. The van der Waals surface area contributed by atoms with E-state index in [0.717, 1.165) is 55.6 Å². The molecule has 1 aromatic heterocycles. The number of carbonyl (C=O) groups is 1. The second kappa shape index (κ2) is 6.21. The first-order valence-electron chi connectivity index (χ1n) is 9.08. The summed E-state index contributed by atoms with van der Waals surface area (Å²) in [5.74, 6) is 1.09. The molecule has 0 radical (unpaired) electrons. The van der Waals surface area contributed by atoms with Gasteiger partial charge in [-0.15, -0.1) is 0 Å². The van der Waals surface area contributed by atoms with Crippen molar-refractivity contribution in [3.8, 4) is 5.75 Å². The van der Waals surface area contributed by atoms with E-state index in [0.29, 0.717) is 0 Å². The molecule has 2 aliphatic rings. The lowest BCUT2D eigenvalue weighted by atomic mass is 9.93. The molecular weight excluding hydrogens is 314 g/mol. The van der Waals surface area contributed by atoms with E-state index in [1.807, 2.05) is 48.3 Å². The van der Waals surface area contributed by atoms with Gasteiger partial charge in [-0.25, -0.2) is 0 Å². The third-order valence-electron chi connectivity index (χ3n) is 5.58. The zero-order chi connectivity index (χ0) is 17.4. The maximum absolute atomic E-state index is 13.4. The SMILES string of the molecule is COc1ccccc1C1(C(=O)N2CCC[C@H]2Cn2cc(C)cn2)CC1. The van der Waals surface area contributed by atoms with Crippen LogP contribution < -0.4 is 4.74 Å². The van der Waals surface area contributed by atoms with Crippen LogP contribution in [0.3, 0.4) is 0 Å². The summed E-state index contributed by atoms with van der Waals surface area (Å²) in [4.78, 5) is 15.5. The lowest BCUT2D eigenvalue weighted by molar-refractivity contribution is -0.135. The van der Waals surface area contributed by atoms with Crippen LogP contribution in [0.4, 0.5) is 0 Å². The van der Waals surface area contributed by atoms with Gasteiger partial charge in [-0.3, -0.25) is 9.48 Å². The molecule has 1 atom stereocenters. The Morgan fingerprint density at radius 2 is 2.16 bits per heavy atom. The Hall–Kier alpha value is -2.30. The summed E-state index contributed by atoms with van der Waals surface area (Å²) >= 11 is 0. The molecule has 1 amide bonds. The van der Waals surface area contributed by atoms with E-state index in [-0.39, 0.29) is 17.4 Å². The first-order chi connectivity index (χ1) is 12.1. The number of ether oxygens (including phenoxy) is 1. The molecule has 2 aromatic rings. The molecule has 132 valence electrons. The number of hydrogen-bond acceptors (Lipinski definition) is 3. The van der Waals surface area contributed by atoms with Gasteiger partial charge in [-0.05, 0) is 44.2 Å². The van der Waals surface area contributed by atoms with Crippen molar-refractivity contribution >= 4 is 5.91 Å². The van der Waals surface area contributed by atoms with Crippen LogP contribution in [-0.4, -0.2) is 40.3 Å². The monoisotopic (exact) mass is 339 g/mol. The van der Waals surface area contributed by atoms with Gasteiger partial charge < -0.3 is 9.64 Å². The Bertz CT molecular complexity index is 779. The van der Waals surface area contributed by atoms with Crippen LogP contribution in [-0.2, 0) is 16.8 Å². The van der Waals surface area contributed by atoms with Crippen LogP contribution in [0, 0.1) is 6.92 Å². The number of benzene rings is 1. The number of likely N-dealkylation sites (tertiary alicyclic amines) is 1. The molecule has 2 heterocycles. The average molecular weight is 339 g/mol. The minimum Gasteiger partial charge on any atom is -0.496 e. The topological polar surface area (TPSA) is 47.4 Å². The van der Waals surface area contributed by atoms with Crippen LogP contribution in [0.2, 0.25) is 0 Å². The van der Waals surface area contributed by atoms with Crippen LogP contribution in [0.1, 0.15) is 36.8 Å². The molecule has 1 saturated heterocycles. The Morgan fingerprint density at radius 1 is 1.36 bits per heavy atom. The smallest absolute Gasteiger partial charge is 0.233 e. The quantitative estimate of drug-likeness (QED) is 0.841. The van der Waals surface area contributed by atoms with Crippen LogP contribution in [0.15, 0.2) is 36.7 Å². The molecular formula is C20H25N3O2. The summed E-state index contributed by atoms with van der Waals surface area (Å²) in [7, 11) is 1.68. The molecule has 5 nitrogen and oxygen atoms in total. The van der Waals surface area contributed by atoms with E-state index in [1.165, 1.54) is 0 Å². The van der Waals surface area contributed by atoms with Crippen molar-refractivity contribution in [1.82, 2.24) is 14.7 Å². The third-order valence-corrected chi connectivity index (χ3v) is 5.58. The van der Waals surface area contributed by atoms with Gasteiger partial charge in [-0.1, -0.05) is 18.2 Å². The highest BCUT2D eigenvalue weighted by molar-refractivity contribution is 5.92. The number of rotatable bonds is 5. The summed E-state index contributed by atoms with van der Waals surface area (Å²) in [5, 5.41) is 4.40. The predicted molar refractivity (Wildman–Crippen MR) is 95.6 cm³/mol. The third kappa shape index (κ3) is 2.81. The predicted octanol–water partition coefficient (Wildman–Crippen LogP) is 2.92. The van der Waals surface area contributed by atoms with Crippen molar-refractivity contribution in [3.05, 3.63) is 47.8 Å². The van der Waals surface area contributed by atoms with E-state index in [9.17, 15) is 4.79 Å². The summed E-state index contributed by atoms with van der Waals surface area (Å²) < 4.78 is 7.49. The molecule has 0 N–H and O–H groups in total. The van der Waals surface area contributed by atoms with Gasteiger partial charge in [0.25, 0.3) is 0 Å². The fourth-order valence-corrected chi connectivity index (χ4v) is 4.11. The number of aryl methyl sites for hydroxylation is 1. The number of amides is 1. The highest BCUT2D eigenvalue weighted by atomic mass is 16.5. The largest absolute Gasteiger partial charge is 0.496 e. The minimum absolute atomic E-state index is 0.235. The van der Waals surface area contributed by atoms with Gasteiger partial charge in [0.2, 0.25) is 5.91 Å². The van der Waals surface area contributed by atoms with Crippen LogP contribution in [0.5, 0.6) is 5.75 Å². The molecule has 0 unspecified atom stereocenters. The molecule has 1 saturated carbocycles. The Balaban J connectivity index is 1.57. The number of methoxy groups -OCH3 is 1. The lowest BCUT2D eigenvalue weighted by Crippen LogP contribution is -2.44. The molecule has 1 aromatic carbocycles. The Labute approximate surface area is 148 Å². The van der Waals surface area contributed by atoms with Crippen LogP contribution >= 0.6 is 0 Å². The summed E-state index contributed by atoms with van der Waals surface area (Å²) in [5.41, 5.74) is 1.82. The van der Waals surface area contributed by atoms with Crippen molar-refractivity contribution in [3.63, 3.8) is 0 Å². The van der Waals surface area contributed by atoms with Crippen molar-refractivity contribution < 1.29 is 9.53 Å². The molecule has 25 heavy (non-hydrogen) atoms. The maximum Gasteiger partial charge on any atom is 0.233 e. The summed E-state index contributed by atoms with van der Waals surface area (Å²) in [6.07, 6.45) is 7.87. The zero-order valence-electron chi connectivity index (χ0n) is 14.9. The fourth-order valence-electron chi connectivity index (χ4n) is 4.11. The van der Waals surface area contributed by atoms with E-state index >= 15 is 0 Å². The molecule has 0 bridgehead atoms. The van der Waals surface area contributed by atoms with E-state index in [2.05, 4.69) is 10.00 Å².